The van der Waals surface area contributed by atoms with Gasteiger partial charge in [-0.25, -0.2) is 9.78 Å². The second-order valence-electron chi connectivity index (χ2n) is 4.79. The minimum atomic E-state index is -1.06. The summed E-state index contributed by atoms with van der Waals surface area (Å²) in [6, 6.07) is 6.04. The molecule has 0 aliphatic rings. The molecule has 1 heterocycles. The Bertz CT molecular complexity index is 621. The van der Waals surface area contributed by atoms with E-state index in [1.54, 1.807) is 0 Å². The molecule has 19 heavy (non-hydrogen) atoms. The summed E-state index contributed by atoms with van der Waals surface area (Å²) in [4.78, 5) is 19.3. The van der Waals surface area contributed by atoms with Gasteiger partial charge in [0.25, 0.3) is 0 Å². The highest BCUT2D eigenvalue weighted by molar-refractivity contribution is 5.93. The van der Waals surface area contributed by atoms with Crippen molar-refractivity contribution >= 4 is 5.97 Å². The molecule has 0 aliphatic heterocycles. The lowest BCUT2D eigenvalue weighted by Gasteiger charge is -2.12. The van der Waals surface area contributed by atoms with Gasteiger partial charge in [-0.3, -0.25) is 4.98 Å². The number of carboxylic acids is 1. The molecule has 0 amide bonds. The number of aromatic nitrogens is 2. The molecule has 0 fully saturated rings. The van der Waals surface area contributed by atoms with Crippen LogP contribution in [0.4, 0.5) is 0 Å². The predicted octanol–water partition coefficient (Wildman–Crippen LogP) is 3.27. The molecule has 2 rings (SSSR count). The van der Waals surface area contributed by atoms with Crippen LogP contribution in [0.25, 0.3) is 11.3 Å². The highest BCUT2D eigenvalue weighted by atomic mass is 16.4. The van der Waals surface area contributed by atoms with Crippen molar-refractivity contribution in [3.8, 4) is 11.3 Å². The Kier molecular flexibility index (Phi) is 3.60. The van der Waals surface area contributed by atoms with E-state index in [1.165, 1.54) is 12.4 Å². The first-order valence-corrected chi connectivity index (χ1v) is 6.16. The Morgan fingerprint density at radius 1 is 1.21 bits per heavy atom. The summed E-state index contributed by atoms with van der Waals surface area (Å²) < 4.78 is 0. The molecule has 0 aliphatic carbocycles. The van der Waals surface area contributed by atoms with Crippen LogP contribution in [-0.2, 0) is 0 Å². The maximum atomic E-state index is 11.2. The van der Waals surface area contributed by atoms with E-state index in [0.29, 0.717) is 11.6 Å². The number of hydrogen-bond donors (Lipinski definition) is 1. The summed E-state index contributed by atoms with van der Waals surface area (Å²) in [7, 11) is 0. The number of nitrogens with zero attached hydrogens (tertiary/aromatic N) is 2. The molecule has 4 heteroatoms. The average molecular weight is 256 g/mol. The maximum Gasteiger partial charge on any atom is 0.356 e. The molecule has 98 valence electrons. The highest BCUT2D eigenvalue weighted by Crippen LogP contribution is 2.27. The number of hydrogen-bond acceptors (Lipinski definition) is 3. The van der Waals surface area contributed by atoms with Crippen LogP contribution >= 0.6 is 0 Å². The first-order chi connectivity index (χ1) is 9.00. The van der Waals surface area contributed by atoms with Crippen LogP contribution in [0.3, 0.4) is 0 Å². The SMILES string of the molecule is Cc1ccc(C(C)C)cc1-c1nccnc1C(=O)O. The molecule has 1 aromatic heterocycles. The van der Waals surface area contributed by atoms with Crippen LogP contribution in [-0.4, -0.2) is 21.0 Å². The summed E-state index contributed by atoms with van der Waals surface area (Å²) in [5.74, 6) is -0.679. The zero-order chi connectivity index (χ0) is 14.0. The molecule has 0 spiro atoms. The van der Waals surface area contributed by atoms with Crippen LogP contribution in [0.15, 0.2) is 30.6 Å². The van der Waals surface area contributed by atoms with Gasteiger partial charge in [0.1, 0.15) is 5.69 Å². The van der Waals surface area contributed by atoms with Crippen LogP contribution < -0.4 is 0 Å². The predicted molar refractivity (Wildman–Crippen MR) is 73.3 cm³/mol. The number of carbonyl (C=O) groups is 1. The second kappa shape index (κ2) is 5.18. The lowest BCUT2D eigenvalue weighted by molar-refractivity contribution is 0.0691. The van der Waals surface area contributed by atoms with Gasteiger partial charge < -0.3 is 5.11 Å². The van der Waals surface area contributed by atoms with Crippen molar-refractivity contribution < 1.29 is 9.90 Å². The third kappa shape index (κ3) is 2.62. The molecular weight excluding hydrogens is 240 g/mol. The monoisotopic (exact) mass is 256 g/mol. The van der Waals surface area contributed by atoms with Gasteiger partial charge in [-0.05, 0) is 30.0 Å². The highest BCUT2D eigenvalue weighted by Gasteiger charge is 2.16. The molecule has 0 unspecified atom stereocenters. The van der Waals surface area contributed by atoms with Gasteiger partial charge in [-0.1, -0.05) is 26.0 Å². The Morgan fingerprint density at radius 2 is 1.89 bits per heavy atom. The van der Waals surface area contributed by atoms with Crippen molar-refractivity contribution in [1.29, 1.82) is 0 Å². The van der Waals surface area contributed by atoms with Crippen molar-refractivity contribution in [2.24, 2.45) is 0 Å². The number of aryl methyl sites for hydroxylation is 1. The minimum Gasteiger partial charge on any atom is -0.476 e. The van der Waals surface area contributed by atoms with Crippen molar-refractivity contribution in [3.63, 3.8) is 0 Å². The van der Waals surface area contributed by atoms with Gasteiger partial charge >= 0.3 is 5.97 Å². The van der Waals surface area contributed by atoms with E-state index in [4.69, 9.17) is 0 Å². The largest absolute Gasteiger partial charge is 0.476 e. The van der Waals surface area contributed by atoms with Crippen molar-refractivity contribution in [3.05, 3.63) is 47.4 Å². The molecule has 0 bridgehead atoms. The molecule has 0 saturated heterocycles. The Hall–Kier alpha value is -2.23. The lowest BCUT2D eigenvalue weighted by Crippen LogP contribution is -2.05. The summed E-state index contributed by atoms with van der Waals surface area (Å²) >= 11 is 0. The molecule has 1 aromatic carbocycles. The topological polar surface area (TPSA) is 63.1 Å². The third-order valence-electron chi connectivity index (χ3n) is 3.08. The summed E-state index contributed by atoms with van der Waals surface area (Å²) in [6.07, 6.45) is 2.91. The maximum absolute atomic E-state index is 11.2. The number of benzene rings is 1. The molecule has 2 aromatic rings. The van der Waals surface area contributed by atoms with Crippen molar-refractivity contribution in [2.75, 3.05) is 0 Å². The first-order valence-electron chi connectivity index (χ1n) is 6.16. The van der Waals surface area contributed by atoms with E-state index >= 15 is 0 Å². The Balaban J connectivity index is 2.65. The molecule has 1 N–H and O–H groups in total. The van der Waals surface area contributed by atoms with Gasteiger partial charge in [0.05, 0.1) is 0 Å². The van der Waals surface area contributed by atoms with E-state index in [1.807, 2.05) is 19.1 Å². The summed E-state index contributed by atoms with van der Waals surface area (Å²) in [6.45, 7) is 6.15. The normalized spacial score (nSPS) is 10.7. The minimum absolute atomic E-state index is 0.00786. The van der Waals surface area contributed by atoms with Gasteiger partial charge in [0.15, 0.2) is 5.69 Å². The van der Waals surface area contributed by atoms with E-state index in [9.17, 15) is 9.90 Å². The summed E-state index contributed by atoms with van der Waals surface area (Å²) in [5, 5.41) is 9.19. The average Bonchev–Trinajstić information content (AvgIpc) is 2.39. The second-order valence-corrected chi connectivity index (χ2v) is 4.79. The molecule has 0 radical (unpaired) electrons. The Morgan fingerprint density at radius 3 is 2.53 bits per heavy atom. The van der Waals surface area contributed by atoms with Gasteiger partial charge in [-0.15, -0.1) is 0 Å². The number of aromatic carboxylic acids is 1. The van der Waals surface area contributed by atoms with Gasteiger partial charge in [0, 0.05) is 18.0 Å². The molecule has 4 nitrogen and oxygen atoms in total. The third-order valence-corrected chi connectivity index (χ3v) is 3.08. The van der Waals surface area contributed by atoms with E-state index < -0.39 is 5.97 Å². The fraction of sp³-hybridized carbons (Fsp3) is 0.267. The van der Waals surface area contributed by atoms with Gasteiger partial charge in [0.2, 0.25) is 0 Å². The van der Waals surface area contributed by atoms with Crippen molar-refractivity contribution in [1.82, 2.24) is 9.97 Å². The Labute approximate surface area is 112 Å². The van der Waals surface area contributed by atoms with Crippen LogP contribution in [0.5, 0.6) is 0 Å². The molecular formula is C15H16N2O2. The molecule has 0 atom stereocenters. The van der Waals surface area contributed by atoms with Crippen LogP contribution in [0.1, 0.15) is 41.4 Å². The fourth-order valence-electron chi connectivity index (χ4n) is 1.95. The van der Waals surface area contributed by atoms with Crippen LogP contribution in [0.2, 0.25) is 0 Å². The zero-order valence-corrected chi connectivity index (χ0v) is 11.2. The van der Waals surface area contributed by atoms with E-state index in [0.717, 1.165) is 16.7 Å². The quantitative estimate of drug-likeness (QED) is 0.915. The standard InChI is InChI=1S/C15H16N2O2/c1-9(2)11-5-4-10(3)12(8-11)13-14(15(18)19)17-7-6-16-13/h4-9H,1-3H3,(H,18,19). The summed E-state index contributed by atoms with van der Waals surface area (Å²) in [5.41, 5.74) is 3.40. The lowest BCUT2D eigenvalue weighted by atomic mass is 9.95. The number of carboxylic acid groups (broad SMARTS) is 1. The van der Waals surface area contributed by atoms with E-state index in [2.05, 4.69) is 29.9 Å². The van der Waals surface area contributed by atoms with Gasteiger partial charge in [-0.2, -0.15) is 0 Å². The zero-order valence-electron chi connectivity index (χ0n) is 11.2. The fourth-order valence-corrected chi connectivity index (χ4v) is 1.95. The van der Waals surface area contributed by atoms with E-state index in [-0.39, 0.29) is 5.69 Å². The van der Waals surface area contributed by atoms with Crippen molar-refractivity contribution in [2.45, 2.75) is 26.7 Å². The van der Waals surface area contributed by atoms with Crippen LogP contribution in [0, 0.1) is 6.92 Å². The number of rotatable bonds is 3. The molecule has 0 saturated carbocycles. The smallest absolute Gasteiger partial charge is 0.356 e. The first kappa shape index (κ1) is 13.2.